The molecule has 0 unspecified atom stereocenters. The maximum atomic E-state index is 2.46. The van der Waals surface area contributed by atoms with Gasteiger partial charge in [0.25, 0.3) is 0 Å². The van der Waals surface area contributed by atoms with Gasteiger partial charge in [-0.2, -0.15) is 0 Å². The van der Waals surface area contributed by atoms with E-state index in [-0.39, 0.29) is 0 Å². The number of hydrogen-bond acceptors (Lipinski definition) is 0. The zero-order valence-electron chi connectivity index (χ0n) is 26.6. The standard InChI is InChI=1S/C46H29N3/c1-2-14-32(15-3-1)49-41-20-10-7-17-36(41)38-26-27-43-45(46(38)49)39-18-8-11-21-42(39)47(43)34-24-25-37-35-16-6-9-19-40(35)48(44(37)29-34)33-23-22-30-12-4-5-13-31(30)28-33/h1-29H. The first-order valence-corrected chi connectivity index (χ1v) is 16.9. The fourth-order valence-corrected chi connectivity index (χ4v) is 8.32. The predicted octanol–water partition coefficient (Wildman–Crippen LogP) is 12.1. The van der Waals surface area contributed by atoms with E-state index in [1.807, 2.05) is 0 Å². The summed E-state index contributed by atoms with van der Waals surface area (Å²) in [6.07, 6.45) is 0. The average molecular weight is 624 g/mol. The molecule has 0 fully saturated rings. The SMILES string of the molecule is c1ccc(-n2c3ccccc3c3ccc4c(c5ccccc5n4-c4ccc5c6ccccc6n(-c6ccc7ccccc7c6)c5c4)c32)cc1. The zero-order chi connectivity index (χ0) is 32.1. The summed E-state index contributed by atoms with van der Waals surface area (Å²) in [5.74, 6) is 0. The summed E-state index contributed by atoms with van der Waals surface area (Å²) < 4.78 is 7.34. The third-order valence-electron chi connectivity index (χ3n) is 10.4. The Morgan fingerprint density at radius 2 is 0.796 bits per heavy atom. The third kappa shape index (κ3) is 3.67. The molecule has 11 aromatic rings. The molecule has 0 aliphatic carbocycles. The average Bonchev–Trinajstić information content (AvgIpc) is 3.80. The molecule has 0 saturated carbocycles. The third-order valence-corrected chi connectivity index (χ3v) is 10.4. The zero-order valence-corrected chi connectivity index (χ0v) is 26.6. The van der Waals surface area contributed by atoms with E-state index in [0.717, 1.165) is 5.69 Å². The number of benzene rings is 8. The van der Waals surface area contributed by atoms with E-state index in [9.17, 15) is 0 Å². The molecule has 49 heavy (non-hydrogen) atoms. The van der Waals surface area contributed by atoms with E-state index in [1.54, 1.807) is 0 Å². The topological polar surface area (TPSA) is 14.8 Å². The number of hydrogen-bond donors (Lipinski definition) is 0. The first kappa shape index (κ1) is 26.5. The van der Waals surface area contributed by atoms with Crippen LogP contribution in [0.4, 0.5) is 0 Å². The molecule has 228 valence electrons. The Bertz CT molecular complexity index is 3100. The molecule has 0 atom stereocenters. The summed E-state index contributed by atoms with van der Waals surface area (Å²) >= 11 is 0. The van der Waals surface area contributed by atoms with Crippen LogP contribution in [0.1, 0.15) is 0 Å². The minimum atomic E-state index is 1.14. The van der Waals surface area contributed by atoms with Crippen molar-refractivity contribution >= 4 is 76.2 Å². The van der Waals surface area contributed by atoms with Crippen molar-refractivity contribution in [2.24, 2.45) is 0 Å². The van der Waals surface area contributed by atoms with Crippen LogP contribution in [-0.2, 0) is 0 Å². The van der Waals surface area contributed by atoms with Gasteiger partial charge in [0.05, 0.1) is 33.1 Å². The quantitative estimate of drug-likeness (QED) is 0.186. The largest absolute Gasteiger partial charge is 0.309 e. The summed E-state index contributed by atoms with van der Waals surface area (Å²) in [6, 6.07) is 64.2. The highest BCUT2D eigenvalue weighted by atomic mass is 15.0. The van der Waals surface area contributed by atoms with Gasteiger partial charge in [-0.3, -0.25) is 0 Å². The summed E-state index contributed by atoms with van der Waals surface area (Å²) in [4.78, 5) is 0. The Morgan fingerprint density at radius 1 is 0.265 bits per heavy atom. The van der Waals surface area contributed by atoms with E-state index in [2.05, 4.69) is 190 Å². The molecule has 11 rings (SSSR count). The van der Waals surface area contributed by atoms with Crippen molar-refractivity contribution in [3.05, 3.63) is 176 Å². The lowest BCUT2D eigenvalue weighted by Crippen LogP contribution is -1.97. The Hall–Kier alpha value is -6.58. The van der Waals surface area contributed by atoms with Crippen LogP contribution >= 0.6 is 0 Å². The Kier molecular flexibility index (Phi) is 5.38. The van der Waals surface area contributed by atoms with E-state index in [1.165, 1.54) is 87.6 Å². The molecule has 0 amide bonds. The lowest BCUT2D eigenvalue weighted by Gasteiger charge is -2.12. The Labute approximate surface area is 282 Å². The van der Waals surface area contributed by atoms with E-state index in [4.69, 9.17) is 0 Å². The highest BCUT2D eigenvalue weighted by molar-refractivity contribution is 6.26. The van der Waals surface area contributed by atoms with Gasteiger partial charge in [-0.15, -0.1) is 0 Å². The van der Waals surface area contributed by atoms with Gasteiger partial charge in [0.15, 0.2) is 0 Å². The maximum Gasteiger partial charge on any atom is 0.0641 e. The number of rotatable bonds is 3. The van der Waals surface area contributed by atoms with Gasteiger partial charge in [-0.1, -0.05) is 115 Å². The fraction of sp³-hybridized carbons (Fsp3) is 0. The summed E-state index contributed by atoms with van der Waals surface area (Å²) in [5, 5.41) is 10.0. The molecule has 8 aromatic carbocycles. The fourth-order valence-electron chi connectivity index (χ4n) is 8.32. The number of aromatic nitrogens is 3. The molecule has 3 nitrogen and oxygen atoms in total. The van der Waals surface area contributed by atoms with Gasteiger partial charge in [-0.05, 0) is 71.4 Å². The van der Waals surface area contributed by atoms with Gasteiger partial charge in [0.1, 0.15) is 0 Å². The second kappa shape index (κ2) is 9.96. The van der Waals surface area contributed by atoms with Crippen LogP contribution in [-0.4, -0.2) is 13.7 Å². The van der Waals surface area contributed by atoms with E-state index < -0.39 is 0 Å². The van der Waals surface area contributed by atoms with Crippen molar-refractivity contribution in [2.45, 2.75) is 0 Å². The van der Waals surface area contributed by atoms with Gasteiger partial charge >= 0.3 is 0 Å². The second-order valence-corrected chi connectivity index (χ2v) is 13.0. The first-order valence-electron chi connectivity index (χ1n) is 16.9. The molecule has 0 aliphatic rings. The van der Waals surface area contributed by atoms with Crippen molar-refractivity contribution in [3.8, 4) is 17.1 Å². The highest BCUT2D eigenvalue weighted by Crippen LogP contribution is 2.43. The minimum Gasteiger partial charge on any atom is -0.309 e. The molecule has 0 bridgehead atoms. The van der Waals surface area contributed by atoms with Gasteiger partial charge in [0.2, 0.25) is 0 Å². The molecule has 3 heterocycles. The highest BCUT2D eigenvalue weighted by Gasteiger charge is 2.21. The van der Waals surface area contributed by atoms with Crippen molar-refractivity contribution in [1.82, 2.24) is 13.7 Å². The molecular weight excluding hydrogens is 595 g/mol. The first-order chi connectivity index (χ1) is 24.3. The number of fused-ring (bicyclic) bond motifs is 11. The van der Waals surface area contributed by atoms with Crippen molar-refractivity contribution < 1.29 is 0 Å². The Balaban J connectivity index is 1.26. The van der Waals surface area contributed by atoms with Gasteiger partial charge in [0, 0.05) is 49.4 Å². The molecule has 3 aromatic heterocycles. The van der Waals surface area contributed by atoms with Crippen molar-refractivity contribution in [3.63, 3.8) is 0 Å². The molecule has 3 heteroatoms. The second-order valence-electron chi connectivity index (χ2n) is 13.0. The van der Waals surface area contributed by atoms with Gasteiger partial charge in [-0.25, -0.2) is 0 Å². The van der Waals surface area contributed by atoms with Crippen LogP contribution in [0, 0.1) is 0 Å². The van der Waals surface area contributed by atoms with Crippen LogP contribution < -0.4 is 0 Å². The van der Waals surface area contributed by atoms with Crippen LogP contribution in [0.25, 0.3) is 93.3 Å². The smallest absolute Gasteiger partial charge is 0.0641 e. The van der Waals surface area contributed by atoms with Crippen LogP contribution in [0.15, 0.2) is 176 Å². The van der Waals surface area contributed by atoms with E-state index >= 15 is 0 Å². The van der Waals surface area contributed by atoms with Crippen molar-refractivity contribution in [2.75, 3.05) is 0 Å². The molecule has 0 saturated heterocycles. The molecule has 0 N–H and O–H groups in total. The predicted molar refractivity (Wildman–Crippen MR) is 207 cm³/mol. The number of para-hydroxylation sites is 4. The van der Waals surface area contributed by atoms with Crippen LogP contribution in [0.2, 0.25) is 0 Å². The molecule has 0 spiro atoms. The molecule has 0 aliphatic heterocycles. The summed E-state index contributed by atoms with van der Waals surface area (Å²) in [5.41, 5.74) is 10.7. The van der Waals surface area contributed by atoms with E-state index in [0.29, 0.717) is 0 Å². The summed E-state index contributed by atoms with van der Waals surface area (Å²) in [6.45, 7) is 0. The molecular formula is C46H29N3. The molecule has 0 radical (unpaired) electrons. The number of nitrogens with zero attached hydrogens (tertiary/aromatic N) is 3. The van der Waals surface area contributed by atoms with Crippen molar-refractivity contribution in [1.29, 1.82) is 0 Å². The van der Waals surface area contributed by atoms with Crippen LogP contribution in [0.3, 0.4) is 0 Å². The lowest BCUT2D eigenvalue weighted by atomic mass is 10.1. The normalized spacial score (nSPS) is 12.1. The minimum absolute atomic E-state index is 1.14. The monoisotopic (exact) mass is 623 g/mol. The summed E-state index contributed by atoms with van der Waals surface area (Å²) in [7, 11) is 0. The van der Waals surface area contributed by atoms with Crippen LogP contribution in [0.5, 0.6) is 0 Å². The maximum absolute atomic E-state index is 2.46. The van der Waals surface area contributed by atoms with Gasteiger partial charge < -0.3 is 13.7 Å². The Morgan fingerprint density at radius 3 is 1.59 bits per heavy atom. The lowest BCUT2D eigenvalue weighted by molar-refractivity contribution is 1.16.